The zero-order valence-electron chi connectivity index (χ0n) is 15.0. The maximum atomic E-state index is 5.71. The molecular weight excluding hydrogens is 300 g/mol. The van der Waals surface area contributed by atoms with Crippen molar-refractivity contribution in [3.05, 3.63) is 24.2 Å². The van der Waals surface area contributed by atoms with Gasteiger partial charge in [0.05, 0.1) is 18.8 Å². The van der Waals surface area contributed by atoms with Crippen molar-refractivity contribution in [2.24, 2.45) is 10.9 Å². The van der Waals surface area contributed by atoms with Gasteiger partial charge >= 0.3 is 0 Å². The lowest BCUT2D eigenvalue weighted by Crippen LogP contribution is -2.40. The zero-order valence-corrected chi connectivity index (χ0v) is 15.0. The van der Waals surface area contributed by atoms with Crippen LogP contribution < -0.4 is 10.6 Å². The maximum absolute atomic E-state index is 5.71. The van der Waals surface area contributed by atoms with Gasteiger partial charge in [-0.2, -0.15) is 0 Å². The molecule has 2 aliphatic rings. The van der Waals surface area contributed by atoms with Crippen LogP contribution in [0.3, 0.4) is 0 Å². The Labute approximate surface area is 145 Å². The molecule has 2 fully saturated rings. The van der Waals surface area contributed by atoms with E-state index in [1.165, 1.54) is 38.5 Å². The molecule has 1 aliphatic carbocycles. The molecular formula is C19H32N4O. The molecule has 0 aromatic carbocycles. The third-order valence-corrected chi connectivity index (χ3v) is 5.01. The predicted molar refractivity (Wildman–Crippen MR) is 98.2 cm³/mol. The van der Waals surface area contributed by atoms with E-state index in [-0.39, 0.29) is 6.04 Å². The van der Waals surface area contributed by atoms with Crippen LogP contribution in [0.25, 0.3) is 0 Å². The molecule has 0 radical (unpaired) electrons. The van der Waals surface area contributed by atoms with Crippen LogP contribution in [0, 0.1) is 5.92 Å². The van der Waals surface area contributed by atoms with E-state index < -0.39 is 0 Å². The van der Waals surface area contributed by atoms with Crippen LogP contribution in [-0.4, -0.2) is 43.6 Å². The molecule has 1 saturated heterocycles. The minimum absolute atomic E-state index is 0.249. The fraction of sp³-hybridized carbons (Fsp3) is 0.737. The average Bonchev–Trinajstić information content (AvgIpc) is 3.28. The second-order valence-electron chi connectivity index (χ2n) is 7.01. The molecule has 1 aliphatic heterocycles. The van der Waals surface area contributed by atoms with Crippen molar-refractivity contribution in [2.45, 2.75) is 51.5 Å². The first-order valence-electron chi connectivity index (χ1n) is 9.66. The summed E-state index contributed by atoms with van der Waals surface area (Å²) in [6, 6.07) is 4.32. The average molecular weight is 332 g/mol. The van der Waals surface area contributed by atoms with Gasteiger partial charge in [-0.3, -0.25) is 9.89 Å². The highest BCUT2D eigenvalue weighted by atomic mass is 16.3. The fourth-order valence-corrected chi connectivity index (χ4v) is 3.42. The van der Waals surface area contributed by atoms with Crippen molar-refractivity contribution in [1.82, 2.24) is 15.5 Å². The Morgan fingerprint density at radius 2 is 2.12 bits per heavy atom. The molecule has 2 N–H and O–H groups in total. The molecule has 5 nitrogen and oxygen atoms in total. The van der Waals surface area contributed by atoms with Crippen LogP contribution in [-0.2, 0) is 0 Å². The number of rotatable bonds is 8. The maximum Gasteiger partial charge on any atom is 0.191 e. The monoisotopic (exact) mass is 332 g/mol. The van der Waals surface area contributed by atoms with Gasteiger partial charge in [-0.1, -0.05) is 19.3 Å². The van der Waals surface area contributed by atoms with Crippen LogP contribution in [0.5, 0.6) is 0 Å². The van der Waals surface area contributed by atoms with Gasteiger partial charge in [0.1, 0.15) is 5.76 Å². The Morgan fingerprint density at radius 3 is 2.79 bits per heavy atom. The molecule has 24 heavy (non-hydrogen) atoms. The predicted octanol–water partition coefficient (Wildman–Crippen LogP) is 3.16. The second-order valence-corrected chi connectivity index (χ2v) is 7.01. The van der Waals surface area contributed by atoms with Crippen molar-refractivity contribution in [3.8, 4) is 0 Å². The molecule has 1 saturated carbocycles. The second kappa shape index (κ2) is 9.11. The van der Waals surface area contributed by atoms with E-state index in [0.29, 0.717) is 0 Å². The minimum Gasteiger partial charge on any atom is -0.468 e. The summed E-state index contributed by atoms with van der Waals surface area (Å²) in [6.07, 6.45) is 9.75. The van der Waals surface area contributed by atoms with E-state index in [9.17, 15) is 0 Å². The zero-order chi connectivity index (χ0) is 16.6. The van der Waals surface area contributed by atoms with Crippen LogP contribution in [0.1, 0.15) is 57.3 Å². The lowest BCUT2D eigenvalue weighted by molar-refractivity contribution is 0.150. The molecule has 2 heterocycles. The number of nitrogens with one attached hydrogen (secondary N) is 2. The van der Waals surface area contributed by atoms with Crippen molar-refractivity contribution in [2.75, 3.05) is 32.7 Å². The number of nitrogens with zero attached hydrogens (tertiary/aromatic N) is 2. The summed E-state index contributed by atoms with van der Waals surface area (Å²) in [4.78, 5) is 7.38. The highest BCUT2D eigenvalue weighted by Crippen LogP contribution is 2.31. The van der Waals surface area contributed by atoms with Crippen molar-refractivity contribution in [3.63, 3.8) is 0 Å². The van der Waals surface area contributed by atoms with Crippen LogP contribution >= 0.6 is 0 Å². The first kappa shape index (κ1) is 17.3. The van der Waals surface area contributed by atoms with Gasteiger partial charge in [0, 0.05) is 13.1 Å². The normalized spacial score (nSPS) is 20.8. The van der Waals surface area contributed by atoms with E-state index in [0.717, 1.165) is 50.4 Å². The molecule has 134 valence electrons. The molecule has 0 bridgehead atoms. The summed E-state index contributed by atoms with van der Waals surface area (Å²) in [5, 5.41) is 6.86. The van der Waals surface area contributed by atoms with Gasteiger partial charge in [-0.25, -0.2) is 0 Å². The van der Waals surface area contributed by atoms with Gasteiger partial charge < -0.3 is 15.1 Å². The first-order chi connectivity index (χ1) is 11.9. The topological polar surface area (TPSA) is 52.8 Å². The lowest BCUT2D eigenvalue weighted by atomic mass is 10.1. The van der Waals surface area contributed by atoms with E-state index >= 15 is 0 Å². The van der Waals surface area contributed by atoms with Crippen molar-refractivity contribution in [1.29, 1.82) is 0 Å². The third-order valence-electron chi connectivity index (χ3n) is 5.01. The third kappa shape index (κ3) is 5.26. The molecule has 1 unspecified atom stereocenters. The van der Waals surface area contributed by atoms with Crippen LogP contribution in [0.4, 0.5) is 0 Å². The van der Waals surface area contributed by atoms with Crippen LogP contribution in [0.2, 0.25) is 0 Å². The highest BCUT2D eigenvalue weighted by Gasteiger charge is 2.24. The molecule has 1 atom stereocenters. The quantitative estimate of drug-likeness (QED) is 0.567. The van der Waals surface area contributed by atoms with Crippen LogP contribution in [0.15, 0.2) is 27.8 Å². The molecule has 3 rings (SSSR count). The molecule has 1 aromatic rings. The van der Waals surface area contributed by atoms with Gasteiger partial charge in [0.2, 0.25) is 0 Å². The summed E-state index contributed by atoms with van der Waals surface area (Å²) in [5.74, 6) is 2.92. The standard InChI is InChI=1S/C19H32N4O/c1-2-20-19(21-11-10-16-8-9-16)22-15-17(18-7-6-14-24-18)23-12-4-3-5-13-23/h6-7,14,16-17H,2-5,8-13,15H2,1H3,(H2,20,21,22). The number of furan rings is 1. The lowest BCUT2D eigenvalue weighted by Gasteiger charge is -2.32. The van der Waals surface area contributed by atoms with Gasteiger partial charge in [0.15, 0.2) is 5.96 Å². The molecule has 1 aromatic heterocycles. The van der Waals surface area contributed by atoms with E-state index in [1.807, 2.05) is 6.07 Å². The summed E-state index contributed by atoms with van der Waals surface area (Å²) < 4.78 is 5.71. The summed E-state index contributed by atoms with van der Waals surface area (Å²) in [6.45, 7) is 7.06. The summed E-state index contributed by atoms with van der Waals surface area (Å²) >= 11 is 0. The summed E-state index contributed by atoms with van der Waals surface area (Å²) in [7, 11) is 0. The Kier molecular flexibility index (Phi) is 6.58. The number of aliphatic imine (C=N–C) groups is 1. The highest BCUT2D eigenvalue weighted by molar-refractivity contribution is 5.79. The van der Waals surface area contributed by atoms with E-state index in [2.05, 4.69) is 28.5 Å². The molecule has 0 spiro atoms. The van der Waals surface area contributed by atoms with E-state index in [4.69, 9.17) is 9.41 Å². The summed E-state index contributed by atoms with van der Waals surface area (Å²) in [5.41, 5.74) is 0. The Balaban J connectivity index is 1.60. The first-order valence-corrected chi connectivity index (χ1v) is 9.66. The number of likely N-dealkylation sites (tertiary alicyclic amines) is 1. The van der Waals surface area contributed by atoms with Gasteiger partial charge in [-0.15, -0.1) is 0 Å². The SMILES string of the molecule is CCNC(=NCC(c1ccco1)N1CCCCC1)NCCC1CC1. The Hall–Kier alpha value is -1.49. The Bertz CT molecular complexity index is 489. The number of piperidine rings is 1. The van der Waals surface area contributed by atoms with Crippen molar-refractivity contribution >= 4 is 5.96 Å². The smallest absolute Gasteiger partial charge is 0.191 e. The Morgan fingerprint density at radius 1 is 1.29 bits per heavy atom. The molecule has 0 amide bonds. The van der Waals surface area contributed by atoms with Crippen molar-refractivity contribution < 1.29 is 4.42 Å². The number of hydrogen-bond donors (Lipinski definition) is 2. The number of hydrogen-bond acceptors (Lipinski definition) is 3. The number of guanidine groups is 1. The van der Waals surface area contributed by atoms with E-state index in [1.54, 1.807) is 6.26 Å². The fourth-order valence-electron chi connectivity index (χ4n) is 3.42. The van der Waals surface area contributed by atoms with Gasteiger partial charge in [0.25, 0.3) is 0 Å². The largest absolute Gasteiger partial charge is 0.468 e. The van der Waals surface area contributed by atoms with Gasteiger partial charge in [-0.05, 0) is 57.3 Å². The molecule has 5 heteroatoms. The minimum atomic E-state index is 0.249.